The molecule has 1 aromatic rings. The van der Waals surface area contributed by atoms with Crippen LogP contribution in [-0.2, 0) is 0 Å². The van der Waals surface area contributed by atoms with Crippen LogP contribution in [0.2, 0.25) is 0 Å². The summed E-state index contributed by atoms with van der Waals surface area (Å²) in [6.07, 6.45) is -0.159. The third-order valence-electron chi connectivity index (χ3n) is 2.84. The fourth-order valence-electron chi connectivity index (χ4n) is 1.40. The van der Waals surface area contributed by atoms with Crippen LogP contribution in [0.5, 0.6) is 5.75 Å². The first-order valence-corrected chi connectivity index (χ1v) is 6.13. The Hall–Kier alpha value is -1.06. The highest BCUT2D eigenvalue weighted by atomic mass is 16.5. The largest absolute Gasteiger partial charge is 0.491 e. The minimum atomic E-state index is -0.448. The molecule has 0 amide bonds. The van der Waals surface area contributed by atoms with Crippen LogP contribution in [0.4, 0.5) is 0 Å². The van der Waals surface area contributed by atoms with E-state index in [0.29, 0.717) is 13.0 Å². The summed E-state index contributed by atoms with van der Waals surface area (Å²) in [6.45, 7) is 6.14. The third-order valence-corrected chi connectivity index (χ3v) is 2.84. The van der Waals surface area contributed by atoms with Gasteiger partial charge in [0.05, 0.1) is 12.2 Å². The van der Waals surface area contributed by atoms with Crippen molar-refractivity contribution in [2.24, 2.45) is 5.92 Å². The first-order chi connectivity index (χ1) is 8.04. The molecule has 2 unspecified atom stereocenters. The van der Waals surface area contributed by atoms with Gasteiger partial charge in [-0.3, -0.25) is 0 Å². The fraction of sp³-hybridized carbons (Fsp3) is 0.571. The molecule has 0 radical (unpaired) electrons. The monoisotopic (exact) mass is 238 g/mol. The fourth-order valence-corrected chi connectivity index (χ4v) is 1.40. The van der Waals surface area contributed by atoms with Gasteiger partial charge in [-0.25, -0.2) is 0 Å². The lowest BCUT2D eigenvalue weighted by Gasteiger charge is -2.15. The third kappa shape index (κ3) is 4.36. The number of rotatable bonds is 6. The van der Waals surface area contributed by atoms with Gasteiger partial charge < -0.3 is 14.9 Å². The molecule has 0 aromatic heterocycles. The van der Waals surface area contributed by atoms with Gasteiger partial charge in [-0.1, -0.05) is 32.9 Å². The van der Waals surface area contributed by atoms with Crippen molar-refractivity contribution in [2.75, 3.05) is 6.61 Å². The SMILES string of the molecule is CCC(O)c1ccc(OCC(O)C(C)C)cc1. The summed E-state index contributed by atoms with van der Waals surface area (Å²) in [5, 5.41) is 19.2. The molecule has 96 valence electrons. The first kappa shape index (κ1) is 14.0. The Balaban J connectivity index is 2.51. The molecule has 0 fully saturated rings. The van der Waals surface area contributed by atoms with Crippen molar-refractivity contribution in [3.05, 3.63) is 29.8 Å². The van der Waals surface area contributed by atoms with E-state index in [2.05, 4.69) is 0 Å². The zero-order valence-electron chi connectivity index (χ0n) is 10.8. The Morgan fingerprint density at radius 2 is 1.71 bits per heavy atom. The second kappa shape index (κ2) is 6.62. The van der Waals surface area contributed by atoms with E-state index in [1.54, 1.807) is 0 Å². The molecule has 0 saturated carbocycles. The number of benzene rings is 1. The van der Waals surface area contributed by atoms with Crippen LogP contribution < -0.4 is 4.74 Å². The average molecular weight is 238 g/mol. The molecule has 0 aliphatic carbocycles. The van der Waals surface area contributed by atoms with Gasteiger partial charge in [0.15, 0.2) is 0 Å². The zero-order valence-corrected chi connectivity index (χ0v) is 10.8. The van der Waals surface area contributed by atoms with E-state index in [0.717, 1.165) is 11.3 Å². The van der Waals surface area contributed by atoms with Gasteiger partial charge in [0.2, 0.25) is 0 Å². The molecule has 0 heterocycles. The summed E-state index contributed by atoms with van der Waals surface area (Å²) in [4.78, 5) is 0. The summed E-state index contributed by atoms with van der Waals surface area (Å²) in [5.74, 6) is 0.910. The quantitative estimate of drug-likeness (QED) is 0.800. The van der Waals surface area contributed by atoms with Crippen LogP contribution in [0.25, 0.3) is 0 Å². The summed E-state index contributed by atoms with van der Waals surface area (Å²) in [5.41, 5.74) is 0.893. The number of hydrogen-bond donors (Lipinski definition) is 2. The van der Waals surface area contributed by atoms with Crippen molar-refractivity contribution in [3.8, 4) is 5.75 Å². The van der Waals surface area contributed by atoms with E-state index in [-0.39, 0.29) is 5.92 Å². The van der Waals surface area contributed by atoms with Crippen molar-refractivity contribution in [1.29, 1.82) is 0 Å². The van der Waals surface area contributed by atoms with E-state index in [9.17, 15) is 10.2 Å². The first-order valence-electron chi connectivity index (χ1n) is 6.13. The molecule has 0 aliphatic heterocycles. The Morgan fingerprint density at radius 1 is 1.12 bits per heavy atom. The Bertz CT molecular complexity index is 319. The van der Waals surface area contributed by atoms with E-state index in [1.165, 1.54) is 0 Å². The molecule has 17 heavy (non-hydrogen) atoms. The molecule has 0 bridgehead atoms. The topological polar surface area (TPSA) is 49.7 Å². The van der Waals surface area contributed by atoms with E-state index in [1.807, 2.05) is 45.0 Å². The van der Waals surface area contributed by atoms with Gasteiger partial charge in [0, 0.05) is 0 Å². The van der Waals surface area contributed by atoms with Gasteiger partial charge >= 0.3 is 0 Å². The number of hydrogen-bond acceptors (Lipinski definition) is 3. The molecule has 3 heteroatoms. The summed E-state index contributed by atoms with van der Waals surface area (Å²) < 4.78 is 5.47. The maximum Gasteiger partial charge on any atom is 0.119 e. The lowest BCUT2D eigenvalue weighted by atomic mass is 10.1. The lowest BCUT2D eigenvalue weighted by Crippen LogP contribution is -2.23. The predicted octanol–water partition coefficient (Wildman–Crippen LogP) is 2.53. The lowest BCUT2D eigenvalue weighted by molar-refractivity contribution is 0.0701. The van der Waals surface area contributed by atoms with Gasteiger partial charge in [-0.2, -0.15) is 0 Å². The predicted molar refractivity (Wildman–Crippen MR) is 68.0 cm³/mol. The molecule has 0 aliphatic rings. The van der Waals surface area contributed by atoms with Crippen LogP contribution in [0, 0.1) is 5.92 Å². The van der Waals surface area contributed by atoms with Gasteiger partial charge in [-0.05, 0) is 30.0 Å². The molecule has 0 spiro atoms. The van der Waals surface area contributed by atoms with Crippen LogP contribution in [0.3, 0.4) is 0 Å². The molecule has 1 aromatic carbocycles. The van der Waals surface area contributed by atoms with E-state index >= 15 is 0 Å². The van der Waals surface area contributed by atoms with Crippen LogP contribution >= 0.6 is 0 Å². The number of aliphatic hydroxyl groups is 2. The molecule has 1 rings (SSSR count). The van der Waals surface area contributed by atoms with Crippen molar-refractivity contribution in [3.63, 3.8) is 0 Å². The van der Waals surface area contributed by atoms with Crippen molar-refractivity contribution in [1.82, 2.24) is 0 Å². The molecule has 3 nitrogen and oxygen atoms in total. The van der Waals surface area contributed by atoms with E-state index in [4.69, 9.17) is 4.74 Å². The molecule has 2 N–H and O–H groups in total. The van der Waals surface area contributed by atoms with Crippen LogP contribution in [0.15, 0.2) is 24.3 Å². The normalized spacial score (nSPS) is 14.7. The molecule has 0 saturated heterocycles. The van der Waals surface area contributed by atoms with Crippen molar-refractivity contribution < 1.29 is 14.9 Å². The highest BCUT2D eigenvalue weighted by Crippen LogP contribution is 2.20. The van der Waals surface area contributed by atoms with Gasteiger partial charge in [-0.15, -0.1) is 0 Å². The minimum Gasteiger partial charge on any atom is -0.491 e. The molecular weight excluding hydrogens is 216 g/mol. The maximum absolute atomic E-state index is 9.63. The van der Waals surface area contributed by atoms with Crippen LogP contribution in [-0.4, -0.2) is 22.9 Å². The van der Waals surface area contributed by atoms with Crippen LogP contribution in [0.1, 0.15) is 38.9 Å². The van der Waals surface area contributed by atoms with Gasteiger partial charge in [0.25, 0.3) is 0 Å². The van der Waals surface area contributed by atoms with Crippen molar-refractivity contribution >= 4 is 0 Å². The summed E-state index contributed by atoms with van der Waals surface area (Å²) >= 11 is 0. The minimum absolute atomic E-state index is 0.191. The molecule has 2 atom stereocenters. The van der Waals surface area contributed by atoms with Gasteiger partial charge in [0.1, 0.15) is 12.4 Å². The highest BCUT2D eigenvalue weighted by molar-refractivity contribution is 5.28. The maximum atomic E-state index is 9.63. The Morgan fingerprint density at radius 3 is 2.18 bits per heavy atom. The number of aliphatic hydroxyl groups excluding tert-OH is 2. The number of ether oxygens (including phenoxy) is 1. The highest BCUT2D eigenvalue weighted by Gasteiger charge is 2.10. The molecular formula is C14H22O3. The second-order valence-electron chi connectivity index (χ2n) is 4.62. The van der Waals surface area contributed by atoms with Crippen molar-refractivity contribution in [2.45, 2.75) is 39.4 Å². The average Bonchev–Trinajstić information content (AvgIpc) is 2.35. The smallest absolute Gasteiger partial charge is 0.119 e. The van der Waals surface area contributed by atoms with E-state index < -0.39 is 12.2 Å². The second-order valence-corrected chi connectivity index (χ2v) is 4.62. The Kier molecular flexibility index (Phi) is 5.45. The summed E-state index contributed by atoms with van der Waals surface area (Å²) in [6, 6.07) is 7.35. The summed E-state index contributed by atoms with van der Waals surface area (Å²) in [7, 11) is 0. The zero-order chi connectivity index (χ0) is 12.8. The Labute approximate surface area is 103 Å². The standard InChI is InChI=1S/C14H22O3/c1-4-13(15)11-5-7-12(8-6-11)17-9-14(16)10(2)3/h5-8,10,13-16H,4,9H2,1-3H3.